The first-order valence-electron chi connectivity index (χ1n) is 11.3. The van der Waals surface area contributed by atoms with Crippen molar-refractivity contribution in [2.45, 2.75) is 90.8 Å². The Labute approximate surface area is 158 Å². The minimum atomic E-state index is -0.554. The Morgan fingerprint density at radius 2 is 1.85 bits per heavy atom. The molecule has 0 radical (unpaired) electrons. The maximum atomic E-state index is 11.9. The molecule has 0 aromatic carbocycles. The second kappa shape index (κ2) is 5.72. The standard InChI is InChI=1S/C23H36O3/c1-4-14(21(24)25)16-7-8-17-15-6-5-13-11-19-20(26-19)12-23(13,3)18(15)9-10-22(16,17)2/h13-20H,4-12H2,1-3H3,(H,24,25)/t13-,14+,15+,16-,17-,18+,19-,20?,22-,23+/m1/s1. The van der Waals surface area contributed by atoms with Crippen LogP contribution in [0.2, 0.25) is 0 Å². The Morgan fingerprint density at radius 1 is 1.08 bits per heavy atom. The molecule has 0 aromatic rings. The fourth-order valence-corrected chi connectivity index (χ4v) is 8.85. The van der Waals surface area contributed by atoms with E-state index in [0.29, 0.717) is 23.5 Å². The van der Waals surface area contributed by atoms with Gasteiger partial charge >= 0.3 is 5.97 Å². The van der Waals surface area contributed by atoms with Crippen LogP contribution in [0.3, 0.4) is 0 Å². The number of fused-ring (bicyclic) bond motifs is 6. The van der Waals surface area contributed by atoms with E-state index in [1.807, 2.05) is 0 Å². The van der Waals surface area contributed by atoms with E-state index in [1.165, 1.54) is 44.9 Å². The number of hydrogen-bond acceptors (Lipinski definition) is 2. The van der Waals surface area contributed by atoms with E-state index in [-0.39, 0.29) is 11.3 Å². The molecule has 0 bridgehead atoms. The minimum Gasteiger partial charge on any atom is -0.481 e. The Kier molecular flexibility index (Phi) is 3.85. The zero-order chi connectivity index (χ0) is 18.3. The second-order valence-corrected chi connectivity index (χ2v) is 10.9. The van der Waals surface area contributed by atoms with Crippen molar-refractivity contribution in [3.05, 3.63) is 0 Å². The molecule has 1 N–H and O–H groups in total. The van der Waals surface area contributed by atoms with Gasteiger partial charge in [-0.15, -0.1) is 0 Å². The predicted molar refractivity (Wildman–Crippen MR) is 101 cm³/mol. The van der Waals surface area contributed by atoms with Crippen molar-refractivity contribution in [3.8, 4) is 0 Å². The van der Waals surface area contributed by atoms with Crippen molar-refractivity contribution < 1.29 is 14.6 Å². The summed E-state index contributed by atoms with van der Waals surface area (Å²) < 4.78 is 5.95. The lowest BCUT2D eigenvalue weighted by Crippen LogP contribution is -2.54. The molecule has 10 atom stereocenters. The average molecular weight is 361 g/mol. The summed E-state index contributed by atoms with van der Waals surface area (Å²) in [7, 11) is 0. The first-order valence-corrected chi connectivity index (χ1v) is 11.3. The quantitative estimate of drug-likeness (QED) is 0.710. The molecule has 3 heteroatoms. The third-order valence-electron chi connectivity index (χ3n) is 10.2. The predicted octanol–water partition coefficient (Wildman–Crippen LogP) is 5.13. The third-order valence-corrected chi connectivity index (χ3v) is 10.2. The van der Waals surface area contributed by atoms with Crippen LogP contribution in [0.15, 0.2) is 0 Å². The number of aliphatic carboxylic acids is 1. The van der Waals surface area contributed by atoms with Crippen molar-refractivity contribution in [3.63, 3.8) is 0 Å². The first-order chi connectivity index (χ1) is 12.4. The van der Waals surface area contributed by atoms with Gasteiger partial charge in [-0.05, 0) is 98.2 Å². The molecule has 5 fully saturated rings. The number of hydrogen-bond donors (Lipinski definition) is 1. The molecule has 0 aromatic heterocycles. The van der Waals surface area contributed by atoms with Gasteiger partial charge in [-0.2, -0.15) is 0 Å². The Bertz CT molecular complexity index is 602. The molecule has 5 aliphatic rings. The van der Waals surface area contributed by atoms with Gasteiger partial charge in [0.15, 0.2) is 0 Å². The molecule has 4 aliphatic carbocycles. The number of carboxylic acid groups (broad SMARTS) is 1. The molecule has 3 nitrogen and oxygen atoms in total. The van der Waals surface area contributed by atoms with E-state index in [0.717, 1.165) is 36.5 Å². The lowest BCUT2D eigenvalue weighted by molar-refractivity contribution is -0.149. The third kappa shape index (κ3) is 2.25. The van der Waals surface area contributed by atoms with E-state index < -0.39 is 5.97 Å². The molecule has 1 heterocycles. The van der Waals surface area contributed by atoms with Gasteiger partial charge in [-0.3, -0.25) is 4.79 Å². The molecule has 26 heavy (non-hydrogen) atoms. The summed E-state index contributed by atoms with van der Waals surface area (Å²) in [5.74, 6) is 3.02. The number of ether oxygens (including phenoxy) is 1. The van der Waals surface area contributed by atoms with Crippen LogP contribution < -0.4 is 0 Å². The van der Waals surface area contributed by atoms with Crippen LogP contribution in [0.25, 0.3) is 0 Å². The Morgan fingerprint density at radius 3 is 2.58 bits per heavy atom. The van der Waals surface area contributed by atoms with Crippen LogP contribution in [-0.2, 0) is 9.53 Å². The Balaban J connectivity index is 1.42. The van der Waals surface area contributed by atoms with Gasteiger partial charge in [0.2, 0.25) is 0 Å². The van der Waals surface area contributed by atoms with Crippen LogP contribution in [0.4, 0.5) is 0 Å². The monoisotopic (exact) mass is 360 g/mol. The number of carbonyl (C=O) groups is 1. The van der Waals surface area contributed by atoms with Gasteiger partial charge < -0.3 is 9.84 Å². The summed E-state index contributed by atoms with van der Waals surface area (Å²) in [5.41, 5.74) is 0.744. The van der Waals surface area contributed by atoms with Crippen molar-refractivity contribution in [1.82, 2.24) is 0 Å². The van der Waals surface area contributed by atoms with Gasteiger partial charge in [0.25, 0.3) is 0 Å². The van der Waals surface area contributed by atoms with E-state index in [2.05, 4.69) is 20.8 Å². The number of rotatable bonds is 3. The van der Waals surface area contributed by atoms with Gasteiger partial charge in [0.05, 0.1) is 18.1 Å². The van der Waals surface area contributed by atoms with Gasteiger partial charge in [-0.25, -0.2) is 0 Å². The summed E-state index contributed by atoms with van der Waals surface area (Å²) in [5, 5.41) is 9.79. The molecule has 0 spiro atoms. The summed E-state index contributed by atoms with van der Waals surface area (Å²) in [6.07, 6.45) is 12.3. The van der Waals surface area contributed by atoms with Crippen molar-refractivity contribution in [1.29, 1.82) is 0 Å². The highest BCUT2D eigenvalue weighted by Gasteiger charge is 2.64. The lowest BCUT2D eigenvalue weighted by atomic mass is 9.44. The molecule has 1 saturated heterocycles. The maximum Gasteiger partial charge on any atom is 0.306 e. The number of epoxide rings is 1. The van der Waals surface area contributed by atoms with Gasteiger partial charge in [0.1, 0.15) is 0 Å². The normalized spacial score (nSPS) is 55.9. The Hall–Kier alpha value is -0.570. The highest BCUT2D eigenvalue weighted by molar-refractivity contribution is 5.70. The summed E-state index contributed by atoms with van der Waals surface area (Å²) >= 11 is 0. The topological polar surface area (TPSA) is 49.8 Å². The molecule has 4 saturated carbocycles. The SMILES string of the molecule is CC[C@H](C(=O)O)[C@H]1CC[C@@H]2[C@@H]3CC[C@@H]4C[C@H]5OC5C[C@]4(C)[C@H]3CC[C@@]21C. The fourth-order valence-electron chi connectivity index (χ4n) is 8.85. The van der Waals surface area contributed by atoms with Crippen LogP contribution >= 0.6 is 0 Å². The van der Waals surface area contributed by atoms with Gasteiger partial charge in [-0.1, -0.05) is 20.8 Å². The number of carboxylic acids is 1. The van der Waals surface area contributed by atoms with Crippen LogP contribution in [0, 0.1) is 46.3 Å². The van der Waals surface area contributed by atoms with Crippen LogP contribution in [0.5, 0.6) is 0 Å². The fraction of sp³-hybridized carbons (Fsp3) is 0.957. The lowest BCUT2D eigenvalue weighted by Gasteiger charge is -2.60. The minimum absolute atomic E-state index is 0.135. The second-order valence-electron chi connectivity index (χ2n) is 10.9. The molecular weight excluding hydrogens is 324 g/mol. The largest absolute Gasteiger partial charge is 0.481 e. The molecular formula is C23H36O3. The smallest absolute Gasteiger partial charge is 0.306 e. The zero-order valence-corrected chi connectivity index (χ0v) is 16.7. The van der Waals surface area contributed by atoms with E-state index in [1.54, 1.807) is 0 Å². The molecule has 5 rings (SSSR count). The van der Waals surface area contributed by atoms with E-state index in [4.69, 9.17) is 4.74 Å². The molecule has 146 valence electrons. The molecule has 1 unspecified atom stereocenters. The van der Waals surface area contributed by atoms with E-state index in [9.17, 15) is 9.90 Å². The van der Waals surface area contributed by atoms with Crippen molar-refractivity contribution in [2.75, 3.05) is 0 Å². The van der Waals surface area contributed by atoms with Crippen LogP contribution in [-0.4, -0.2) is 23.3 Å². The molecule has 1 aliphatic heterocycles. The average Bonchev–Trinajstić information content (AvgIpc) is 3.24. The van der Waals surface area contributed by atoms with Crippen LogP contribution in [0.1, 0.15) is 78.6 Å². The van der Waals surface area contributed by atoms with Crippen molar-refractivity contribution >= 4 is 5.97 Å². The maximum absolute atomic E-state index is 11.9. The summed E-state index contributed by atoms with van der Waals surface area (Å²) in [6.45, 7) is 7.13. The van der Waals surface area contributed by atoms with E-state index >= 15 is 0 Å². The highest BCUT2D eigenvalue weighted by atomic mass is 16.6. The first kappa shape index (κ1) is 17.5. The highest BCUT2D eigenvalue weighted by Crippen LogP contribution is 2.69. The van der Waals surface area contributed by atoms with Crippen molar-refractivity contribution in [2.24, 2.45) is 46.3 Å². The van der Waals surface area contributed by atoms with Gasteiger partial charge in [0, 0.05) is 0 Å². The summed E-state index contributed by atoms with van der Waals surface area (Å²) in [4.78, 5) is 11.9. The summed E-state index contributed by atoms with van der Waals surface area (Å²) in [6, 6.07) is 0. The molecule has 0 amide bonds. The zero-order valence-electron chi connectivity index (χ0n) is 16.7.